The van der Waals surface area contributed by atoms with Crippen molar-refractivity contribution in [3.63, 3.8) is 0 Å². The minimum atomic E-state index is 0.666. The fraction of sp³-hybridized carbons (Fsp3) is 0.647. The van der Waals surface area contributed by atoms with Crippen LogP contribution in [0.2, 0.25) is 0 Å². The van der Waals surface area contributed by atoms with E-state index < -0.39 is 0 Å². The van der Waals surface area contributed by atoms with Crippen LogP contribution in [0, 0.1) is 0 Å². The van der Waals surface area contributed by atoms with Crippen molar-refractivity contribution in [3.05, 3.63) is 27.8 Å². The van der Waals surface area contributed by atoms with Crippen molar-refractivity contribution in [2.45, 2.75) is 72.1 Å². The van der Waals surface area contributed by atoms with Crippen LogP contribution in [0.3, 0.4) is 0 Å². The Kier molecular flexibility index (Phi) is 4.19. The monoisotopic (exact) mass is 240 g/mol. The highest BCUT2D eigenvalue weighted by molar-refractivity contribution is 6.34. The molecule has 2 aliphatic carbocycles. The van der Waals surface area contributed by atoms with Crippen LogP contribution in [-0.2, 0) is 25.7 Å². The number of benzene rings is 1. The van der Waals surface area contributed by atoms with E-state index in [2.05, 4.69) is 13.8 Å². The summed E-state index contributed by atoms with van der Waals surface area (Å²) in [6.45, 7) is 8.67. The van der Waals surface area contributed by atoms with Gasteiger partial charge in [-0.25, -0.2) is 0 Å². The first-order valence-corrected chi connectivity index (χ1v) is 7.65. The lowest BCUT2D eigenvalue weighted by Crippen LogP contribution is -2.19. The summed E-state index contributed by atoms with van der Waals surface area (Å²) in [5.41, 5.74) is 9.06. The van der Waals surface area contributed by atoms with Crippen molar-refractivity contribution in [2.75, 3.05) is 0 Å². The maximum atomic E-state index is 6.36. The molecule has 2 radical (unpaired) electrons. The molecule has 1 aromatic carbocycles. The van der Waals surface area contributed by atoms with E-state index >= 15 is 0 Å². The third-order valence-corrected chi connectivity index (χ3v) is 4.31. The minimum absolute atomic E-state index is 0.666. The van der Waals surface area contributed by atoms with Gasteiger partial charge in [0.25, 0.3) is 0 Å². The molecule has 0 unspecified atom stereocenters. The molecular weight excluding hydrogens is 215 g/mol. The van der Waals surface area contributed by atoms with E-state index in [1.807, 2.05) is 13.8 Å². The molecule has 0 N–H and O–H groups in total. The zero-order chi connectivity index (χ0) is 13.3. The summed E-state index contributed by atoms with van der Waals surface area (Å²) in [7, 11) is 6.36. The second kappa shape index (κ2) is 5.51. The first-order valence-electron chi connectivity index (χ1n) is 7.65. The Morgan fingerprint density at radius 3 is 1.56 bits per heavy atom. The zero-order valence-electron chi connectivity index (χ0n) is 12.4. The van der Waals surface area contributed by atoms with Crippen LogP contribution >= 0.6 is 0 Å². The lowest BCUT2D eigenvalue weighted by atomic mass is 9.77. The maximum absolute atomic E-state index is 6.36. The average Bonchev–Trinajstić information content (AvgIpc) is 3.00. The molecule has 0 aromatic heterocycles. The molecule has 2 aliphatic rings. The van der Waals surface area contributed by atoms with Crippen LogP contribution in [0.25, 0.3) is 0 Å². The van der Waals surface area contributed by atoms with Crippen LogP contribution < -0.4 is 5.46 Å². The van der Waals surface area contributed by atoms with Crippen LogP contribution in [-0.4, -0.2) is 7.85 Å². The number of hydrogen-bond acceptors (Lipinski definition) is 0. The lowest BCUT2D eigenvalue weighted by molar-refractivity contribution is 0.816. The van der Waals surface area contributed by atoms with Gasteiger partial charge in [0.15, 0.2) is 0 Å². The Morgan fingerprint density at radius 1 is 0.778 bits per heavy atom. The fourth-order valence-corrected chi connectivity index (χ4v) is 3.74. The average molecular weight is 240 g/mol. The molecule has 3 rings (SSSR count). The largest absolute Gasteiger partial charge is 0.114 e. The summed E-state index contributed by atoms with van der Waals surface area (Å²) in [5.74, 6) is 0.666. The topological polar surface area (TPSA) is 0 Å². The Morgan fingerprint density at radius 2 is 1.17 bits per heavy atom. The summed E-state index contributed by atoms with van der Waals surface area (Å²) >= 11 is 0. The van der Waals surface area contributed by atoms with Crippen LogP contribution in [0.5, 0.6) is 0 Å². The van der Waals surface area contributed by atoms with Gasteiger partial charge in [-0.1, -0.05) is 44.3 Å². The molecule has 0 aliphatic heterocycles. The third kappa shape index (κ3) is 2.02. The Labute approximate surface area is 114 Å². The van der Waals surface area contributed by atoms with Gasteiger partial charge in [-0.05, 0) is 61.1 Å². The van der Waals surface area contributed by atoms with E-state index in [-0.39, 0.29) is 0 Å². The molecule has 0 saturated carbocycles. The molecule has 0 spiro atoms. The van der Waals surface area contributed by atoms with Gasteiger partial charge in [0.05, 0.1) is 0 Å². The van der Waals surface area contributed by atoms with E-state index in [1.54, 1.807) is 16.7 Å². The standard InChI is InChI=1S/C15H19B.C2H6/c1-9(2)14-10-5-3-7-12(10)15(16)13-8-4-6-11(13)14;1-2/h9H,3-8H2,1-2H3;1-2H3. The van der Waals surface area contributed by atoms with Gasteiger partial charge < -0.3 is 0 Å². The number of hydrogen-bond donors (Lipinski definition) is 0. The summed E-state index contributed by atoms with van der Waals surface area (Å²) < 4.78 is 0. The molecule has 18 heavy (non-hydrogen) atoms. The smallest absolute Gasteiger partial charge is 0.0898 e. The van der Waals surface area contributed by atoms with Crippen molar-refractivity contribution in [1.29, 1.82) is 0 Å². The van der Waals surface area contributed by atoms with Gasteiger partial charge >= 0.3 is 0 Å². The molecule has 0 saturated heterocycles. The lowest BCUT2D eigenvalue weighted by Gasteiger charge is -2.21. The first kappa shape index (κ1) is 13.7. The molecular formula is C17H25B. The summed E-state index contributed by atoms with van der Waals surface area (Å²) in [5, 5.41) is 0. The van der Waals surface area contributed by atoms with Gasteiger partial charge in [-0.3, -0.25) is 0 Å². The van der Waals surface area contributed by atoms with Gasteiger partial charge in [-0.2, -0.15) is 0 Å². The van der Waals surface area contributed by atoms with Crippen LogP contribution in [0.15, 0.2) is 0 Å². The van der Waals surface area contributed by atoms with Crippen molar-refractivity contribution in [2.24, 2.45) is 0 Å². The molecule has 96 valence electrons. The minimum Gasteiger partial charge on any atom is -0.0898 e. The van der Waals surface area contributed by atoms with Crippen molar-refractivity contribution in [3.8, 4) is 0 Å². The van der Waals surface area contributed by atoms with Gasteiger partial charge in [-0.15, -0.1) is 0 Å². The van der Waals surface area contributed by atoms with Crippen molar-refractivity contribution >= 4 is 13.3 Å². The number of rotatable bonds is 1. The van der Waals surface area contributed by atoms with Crippen LogP contribution in [0.1, 0.15) is 74.3 Å². The predicted molar refractivity (Wildman–Crippen MR) is 81.3 cm³/mol. The molecule has 0 heterocycles. The van der Waals surface area contributed by atoms with Crippen molar-refractivity contribution < 1.29 is 0 Å². The van der Waals surface area contributed by atoms with E-state index in [1.165, 1.54) is 49.7 Å². The highest BCUT2D eigenvalue weighted by Crippen LogP contribution is 2.37. The van der Waals surface area contributed by atoms with Gasteiger partial charge in [0.2, 0.25) is 0 Å². The predicted octanol–water partition coefficient (Wildman–Crippen LogP) is 3.61. The molecule has 0 bridgehead atoms. The summed E-state index contributed by atoms with van der Waals surface area (Å²) in [4.78, 5) is 0. The molecule has 0 atom stereocenters. The Balaban J connectivity index is 0.000000574. The molecule has 0 fully saturated rings. The Bertz CT molecular complexity index is 408. The van der Waals surface area contributed by atoms with Crippen molar-refractivity contribution in [1.82, 2.24) is 0 Å². The first-order chi connectivity index (χ1) is 8.70. The molecule has 0 nitrogen and oxygen atoms in total. The van der Waals surface area contributed by atoms with Gasteiger partial charge in [0, 0.05) is 0 Å². The van der Waals surface area contributed by atoms with E-state index in [9.17, 15) is 0 Å². The summed E-state index contributed by atoms with van der Waals surface area (Å²) in [6, 6.07) is 0. The highest BCUT2D eigenvalue weighted by atomic mass is 14.3. The SMILES string of the molecule is CC.[B]c1c2c(c(C(C)C)c3c1CCC3)CCC2. The zero-order valence-corrected chi connectivity index (χ0v) is 12.4. The van der Waals surface area contributed by atoms with Gasteiger partial charge in [0.1, 0.15) is 7.85 Å². The normalized spacial score (nSPS) is 16.3. The third-order valence-electron chi connectivity index (χ3n) is 4.31. The van der Waals surface area contributed by atoms with Crippen LogP contribution in [0.4, 0.5) is 0 Å². The molecule has 1 aromatic rings. The summed E-state index contributed by atoms with van der Waals surface area (Å²) in [6.07, 6.45) is 7.58. The van der Waals surface area contributed by atoms with E-state index in [0.29, 0.717) is 5.92 Å². The van der Waals surface area contributed by atoms with E-state index in [0.717, 1.165) is 5.46 Å². The highest BCUT2D eigenvalue weighted by Gasteiger charge is 2.27. The molecule has 0 amide bonds. The quantitative estimate of drug-likeness (QED) is 0.658. The Hall–Kier alpha value is -0.715. The second-order valence-electron chi connectivity index (χ2n) is 5.60. The van der Waals surface area contributed by atoms with E-state index in [4.69, 9.17) is 7.85 Å². The maximum Gasteiger partial charge on any atom is 0.114 e. The second-order valence-corrected chi connectivity index (χ2v) is 5.60. The fourth-order valence-electron chi connectivity index (χ4n) is 3.74. The number of fused-ring (bicyclic) bond motifs is 2. The molecule has 1 heteroatoms.